The molecule has 0 bridgehead atoms. The summed E-state index contributed by atoms with van der Waals surface area (Å²) in [6, 6.07) is 6.66. The molecule has 0 N–H and O–H groups in total. The number of fused-ring (bicyclic) bond motifs is 1. The van der Waals surface area contributed by atoms with E-state index in [4.69, 9.17) is 9.47 Å². The standard InChI is InChI=1S/C20H32N2O4S/c1-4-21(15-17-7-9-22(10-8-17)27(3,23)24)16(2)13-18-5-6-19-20(14-18)26-12-11-25-19/h5-6,14,16-17H,4,7-13,15H2,1-3H3/t16-/m0/s1. The van der Waals surface area contributed by atoms with Gasteiger partial charge in [0.25, 0.3) is 0 Å². The van der Waals surface area contributed by atoms with E-state index in [1.807, 2.05) is 6.07 Å². The van der Waals surface area contributed by atoms with Gasteiger partial charge in [-0.1, -0.05) is 13.0 Å². The molecule has 27 heavy (non-hydrogen) atoms. The van der Waals surface area contributed by atoms with E-state index in [0.717, 1.165) is 43.9 Å². The van der Waals surface area contributed by atoms with E-state index < -0.39 is 10.0 Å². The Morgan fingerprint density at radius 1 is 1.19 bits per heavy atom. The molecule has 0 aromatic heterocycles. The lowest BCUT2D eigenvalue weighted by Gasteiger charge is -2.36. The monoisotopic (exact) mass is 396 g/mol. The molecule has 1 saturated heterocycles. The number of nitrogens with zero attached hydrogens (tertiary/aromatic N) is 2. The van der Waals surface area contributed by atoms with Crippen LogP contribution >= 0.6 is 0 Å². The normalized spacial score (nSPS) is 20.0. The van der Waals surface area contributed by atoms with Crippen molar-refractivity contribution in [3.05, 3.63) is 23.8 Å². The molecule has 1 fully saturated rings. The zero-order chi connectivity index (χ0) is 19.4. The maximum atomic E-state index is 11.7. The summed E-state index contributed by atoms with van der Waals surface area (Å²) in [4.78, 5) is 2.51. The summed E-state index contributed by atoms with van der Waals surface area (Å²) in [6.45, 7) is 9.02. The minimum absolute atomic E-state index is 0.422. The summed E-state index contributed by atoms with van der Waals surface area (Å²) in [6.07, 6.45) is 4.16. The number of ether oxygens (including phenoxy) is 2. The summed E-state index contributed by atoms with van der Waals surface area (Å²) in [7, 11) is -3.05. The van der Waals surface area contributed by atoms with Gasteiger partial charge in [-0.05, 0) is 56.3 Å². The molecular weight excluding hydrogens is 364 g/mol. The van der Waals surface area contributed by atoms with Gasteiger partial charge in [0.05, 0.1) is 6.26 Å². The molecule has 1 aromatic carbocycles. The molecular formula is C20H32N2O4S. The van der Waals surface area contributed by atoms with Crippen LogP contribution in [0.2, 0.25) is 0 Å². The Balaban J connectivity index is 1.54. The first kappa shape index (κ1) is 20.4. The van der Waals surface area contributed by atoms with Gasteiger partial charge in [0.15, 0.2) is 11.5 Å². The summed E-state index contributed by atoms with van der Waals surface area (Å²) in [5.41, 5.74) is 1.26. The molecule has 0 amide bonds. The number of rotatable bonds is 7. The van der Waals surface area contributed by atoms with Gasteiger partial charge < -0.3 is 14.4 Å². The fraction of sp³-hybridized carbons (Fsp3) is 0.700. The van der Waals surface area contributed by atoms with Gasteiger partial charge in [-0.15, -0.1) is 0 Å². The first-order valence-electron chi connectivity index (χ1n) is 9.94. The van der Waals surface area contributed by atoms with Crippen molar-refractivity contribution < 1.29 is 17.9 Å². The Labute approximate surface area is 163 Å². The predicted octanol–water partition coefficient (Wildman–Crippen LogP) is 2.38. The van der Waals surface area contributed by atoms with Gasteiger partial charge in [0.2, 0.25) is 10.0 Å². The molecule has 0 spiro atoms. The minimum Gasteiger partial charge on any atom is -0.486 e. The van der Waals surface area contributed by atoms with Crippen LogP contribution in [0.3, 0.4) is 0 Å². The molecule has 0 radical (unpaired) electrons. The molecule has 0 unspecified atom stereocenters. The second kappa shape index (κ2) is 8.80. The molecule has 152 valence electrons. The van der Waals surface area contributed by atoms with E-state index in [1.165, 1.54) is 11.8 Å². The van der Waals surface area contributed by atoms with Gasteiger partial charge in [-0.2, -0.15) is 0 Å². The smallest absolute Gasteiger partial charge is 0.211 e. The summed E-state index contributed by atoms with van der Waals surface area (Å²) >= 11 is 0. The topological polar surface area (TPSA) is 59.1 Å². The third-order valence-corrected chi connectivity index (χ3v) is 7.01. The van der Waals surface area contributed by atoms with Crippen molar-refractivity contribution in [1.82, 2.24) is 9.21 Å². The first-order valence-corrected chi connectivity index (χ1v) is 11.8. The van der Waals surface area contributed by atoms with Crippen LogP contribution in [-0.2, 0) is 16.4 Å². The van der Waals surface area contributed by atoms with E-state index in [-0.39, 0.29) is 0 Å². The van der Waals surface area contributed by atoms with Crippen molar-refractivity contribution in [2.24, 2.45) is 5.92 Å². The largest absolute Gasteiger partial charge is 0.486 e. The SMILES string of the molecule is CCN(CC1CCN(S(C)(=O)=O)CC1)[C@@H](C)Cc1ccc2c(c1)OCCO2. The van der Waals surface area contributed by atoms with E-state index in [1.54, 1.807) is 4.31 Å². The van der Waals surface area contributed by atoms with Gasteiger partial charge in [0.1, 0.15) is 13.2 Å². The fourth-order valence-electron chi connectivity index (χ4n) is 4.06. The van der Waals surface area contributed by atoms with Crippen molar-refractivity contribution in [3.8, 4) is 11.5 Å². The van der Waals surface area contributed by atoms with Crippen LogP contribution in [0.25, 0.3) is 0 Å². The van der Waals surface area contributed by atoms with Crippen LogP contribution in [0.4, 0.5) is 0 Å². The zero-order valence-corrected chi connectivity index (χ0v) is 17.5. The van der Waals surface area contributed by atoms with Crippen molar-refractivity contribution >= 4 is 10.0 Å². The summed E-state index contributed by atoms with van der Waals surface area (Å²) in [5, 5.41) is 0. The maximum Gasteiger partial charge on any atom is 0.211 e. The van der Waals surface area contributed by atoms with Crippen LogP contribution < -0.4 is 9.47 Å². The molecule has 3 rings (SSSR count). The van der Waals surface area contributed by atoms with Crippen LogP contribution in [0.5, 0.6) is 11.5 Å². The van der Waals surface area contributed by atoms with Gasteiger partial charge in [0, 0.05) is 25.7 Å². The Bertz CT molecular complexity index is 729. The van der Waals surface area contributed by atoms with Gasteiger partial charge in [-0.25, -0.2) is 12.7 Å². The third-order valence-electron chi connectivity index (χ3n) is 5.70. The maximum absolute atomic E-state index is 11.7. The zero-order valence-electron chi connectivity index (χ0n) is 16.7. The van der Waals surface area contributed by atoms with Crippen molar-refractivity contribution in [1.29, 1.82) is 0 Å². The minimum atomic E-state index is -3.05. The predicted molar refractivity (Wildman–Crippen MR) is 107 cm³/mol. The van der Waals surface area contributed by atoms with Gasteiger partial charge in [-0.3, -0.25) is 0 Å². The highest BCUT2D eigenvalue weighted by atomic mass is 32.2. The number of piperidine rings is 1. The Kier molecular flexibility index (Phi) is 6.65. The molecule has 0 aliphatic carbocycles. The second-order valence-corrected chi connectivity index (χ2v) is 9.71. The second-order valence-electron chi connectivity index (χ2n) is 7.72. The number of hydrogen-bond donors (Lipinski definition) is 0. The Morgan fingerprint density at radius 2 is 1.85 bits per heavy atom. The van der Waals surface area contributed by atoms with Crippen molar-refractivity contribution in [3.63, 3.8) is 0 Å². The number of likely N-dealkylation sites (N-methyl/N-ethyl adjacent to an activating group) is 1. The first-order chi connectivity index (χ1) is 12.9. The quantitative estimate of drug-likeness (QED) is 0.708. The van der Waals surface area contributed by atoms with E-state index in [0.29, 0.717) is 38.3 Å². The number of benzene rings is 1. The van der Waals surface area contributed by atoms with Crippen LogP contribution in [0.15, 0.2) is 18.2 Å². The highest BCUT2D eigenvalue weighted by Crippen LogP contribution is 2.31. The molecule has 7 heteroatoms. The highest BCUT2D eigenvalue weighted by Gasteiger charge is 2.27. The number of hydrogen-bond acceptors (Lipinski definition) is 5. The third kappa shape index (κ3) is 5.36. The van der Waals surface area contributed by atoms with E-state index in [2.05, 4.69) is 30.9 Å². The lowest BCUT2D eigenvalue weighted by atomic mass is 9.96. The Hall–Kier alpha value is -1.31. The molecule has 1 aromatic rings. The van der Waals surface area contributed by atoms with E-state index in [9.17, 15) is 8.42 Å². The number of sulfonamides is 1. The summed E-state index contributed by atoms with van der Waals surface area (Å²) in [5.74, 6) is 2.25. The van der Waals surface area contributed by atoms with Crippen LogP contribution in [-0.4, -0.2) is 69.3 Å². The average molecular weight is 397 g/mol. The molecule has 1 atom stereocenters. The van der Waals surface area contributed by atoms with Crippen LogP contribution in [0, 0.1) is 5.92 Å². The molecule has 0 saturated carbocycles. The fourth-order valence-corrected chi connectivity index (χ4v) is 4.93. The molecule has 2 aliphatic rings. The molecule has 2 heterocycles. The highest BCUT2D eigenvalue weighted by molar-refractivity contribution is 7.88. The lowest BCUT2D eigenvalue weighted by molar-refractivity contribution is 0.152. The van der Waals surface area contributed by atoms with Crippen molar-refractivity contribution in [2.75, 3.05) is 45.6 Å². The van der Waals surface area contributed by atoms with Crippen LogP contribution in [0.1, 0.15) is 32.3 Å². The Morgan fingerprint density at radius 3 is 2.48 bits per heavy atom. The van der Waals surface area contributed by atoms with E-state index >= 15 is 0 Å². The molecule has 2 aliphatic heterocycles. The summed E-state index contributed by atoms with van der Waals surface area (Å²) < 4.78 is 36.3. The molecule has 6 nitrogen and oxygen atoms in total. The average Bonchev–Trinajstić information content (AvgIpc) is 2.65. The van der Waals surface area contributed by atoms with Gasteiger partial charge >= 0.3 is 0 Å². The lowest BCUT2D eigenvalue weighted by Crippen LogP contribution is -2.43. The van der Waals surface area contributed by atoms with Crippen molar-refractivity contribution in [2.45, 2.75) is 39.2 Å².